The first-order chi connectivity index (χ1) is 22.7. The quantitative estimate of drug-likeness (QED) is 0.146. The predicted octanol–water partition coefficient (Wildman–Crippen LogP) is 6.78. The summed E-state index contributed by atoms with van der Waals surface area (Å²) in [7, 11) is 0. The van der Waals surface area contributed by atoms with Gasteiger partial charge in [0, 0.05) is 12.5 Å². The third-order valence-corrected chi connectivity index (χ3v) is 13.4. The molecule has 11 atom stereocenters. The number of ether oxygens (including phenoxy) is 1. The highest BCUT2D eigenvalue weighted by atomic mass is 19.1. The number of benzene rings is 1. The molecule has 2 aromatic rings. The van der Waals surface area contributed by atoms with Gasteiger partial charge < -0.3 is 14.9 Å². The maximum atomic E-state index is 16.5. The van der Waals surface area contributed by atoms with Gasteiger partial charge >= 0.3 is 23.6 Å². The van der Waals surface area contributed by atoms with Crippen molar-refractivity contribution in [1.82, 2.24) is 10.3 Å². The predicted molar refractivity (Wildman–Crippen MR) is 169 cm³/mol. The van der Waals surface area contributed by atoms with E-state index >= 15 is 4.39 Å². The van der Waals surface area contributed by atoms with E-state index in [0.29, 0.717) is 54.4 Å². The fraction of sp³-hybridized carbons (Fsp3) is 0.743. The second-order valence-corrected chi connectivity index (χ2v) is 15.6. The van der Waals surface area contributed by atoms with Crippen LogP contribution in [0.25, 0.3) is 11.0 Å². The lowest BCUT2D eigenvalue weighted by Crippen LogP contribution is -2.58. The zero-order valence-corrected chi connectivity index (χ0v) is 27.8. The van der Waals surface area contributed by atoms with Gasteiger partial charge in [0.1, 0.15) is 17.8 Å². The molecule has 6 rings (SSSR count). The molecule has 2 N–H and O–H groups in total. The number of carbonyl (C=O) groups excluding carboxylic acids is 1. The molecule has 4 aliphatic carbocycles. The summed E-state index contributed by atoms with van der Waals surface area (Å²) >= 11 is 0. The molecular formula is C35H46FN3O9. The number of non-ortho nitro benzene ring substituents is 1. The third kappa shape index (κ3) is 5.95. The van der Waals surface area contributed by atoms with Gasteiger partial charge in [0.2, 0.25) is 5.52 Å². The molecule has 1 aromatic carbocycles. The Bertz CT molecular complexity index is 1580. The molecule has 12 nitrogen and oxygen atoms in total. The molecular weight excluding hydrogens is 625 g/mol. The van der Waals surface area contributed by atoms with Crippen molar-refractivity contribution >= 4 is 34.6 Å². The van der Waals surface area contributed by atoms with E-state index < -0.39 is 47.4 Å². The Balaban J connectivity index is 1.14. The van der Waals surface area contributed by atoms with Crippen LogP contribution in [0.3, 0.4) is 0 Å². The fourth-order valence-electron chi connectivity index (χ4n) is 11.1. The van der Waals surface area contributed by atoms with Crippen LogP contribution in [-0.4, -0.2) is 55.6 Å². The van der Waals surface area contributed by atoms with Gasteiger partial charge in [0.25, 0.3) is 0 Å². The van der Waals surface area contributed by atoms with Crippen molar-refractivity contribution in [2.24, 2.45) is 52.3 Å². The minimum Gasteiger partial charge on any atom is -0.481 e. The molecule has 262 valence electrons. The smallest absolute Gasteiger partial charge is 0.310 e. The topological polar surface area (TPSA) is 183 Å². The van der Waals surface area contributed by atoms with E-state index in [1.807, 2.05) is 0 Å². The zero-order valence-electron chi connectivity index (χ0n) is 27.8. The van der Waals surface area contributed by atoms with Crippen LogP contribution in [-0.2, 0) is 25.5 Å². The SMILES string of the molecule is C[C@H](CCC(=O)O)C1CC[C@H]2[C@@H]3CC[C@@H]4[C@@H](F)[C@H](OC(=O)[C@H](CC(=O)O)Cc5ccc([N+](=O)[O-])c6nonc56)CC[C@]4(C)[C@H]3CC[C@]12C. The summed E-state index contributed by atoms with van der Waals surface area (Å²) in [6, 6.07) is 2.61. The van der Waals surface area contributed by atoms with Crippen LogP contribution in [0.1, 0.15) is 97.0 Å². The van der Waals surface area contributed by atoms with Gasteiger partial charge in [-0.3, -0.25) is 24.5 Å². The van der Waals surface area contributed by atoms with Crippen molar-refractivity contribution in [3.63, 3.8) is 0 Å². The number of aliphatic carboxylic acids is 2. The number of hydrogen-bond donors (Lipinski definition) is 2. The number of hydrogen-bond acceptors (Lipinski definition) is 9. The number of esters is 1. The van der Waals surface area contributed by atoms with Crippen LogP contribution < -0.4 is 0 Å². The summed E-state index contributed by atoms with van der Waals surface area (Å²) in [5, 5.41) is 37.6. The van der Waals surface area contributed by atoms with Crippen LogP contribution in [0.2, 0.25) is 0 Å². The molecule has 0 aliphatic heterocycles. The van der Waals surface area contributed by atoms with Gasteiger partial charge in [0.05, 0.1) is 17.3 Å². The molecule has 0 amide bonds. The van der Waals surface area contributed by atoms with Crippen molar-refractivity contribution in [3.05, 3.63) is 27.8 Å². The Morgan fingerprint density at radius 3 is 2.40 bits per heavy atom. The molecule has 4 saturated carbocycles. The first kappa shape index (κ1) is 34.2. The highest BCUT2D eigenvalue weighted by Crippen LogP contribution is 2.68. The van der Waals surface area contributed by atoms with E-state index in [4.69, 9.17) is 9.37 Å². The first-order valence-electron chi connectivity index (χ1n) is 17.4. The van der Waals surface area contributed by atoms with Gasteiger partial charge in [-0.05, 0) is 132 Å². The number of carboxylic acids is 2. The number of rotatable bonds is 11. The molecule has 0 spiro atoms. The van der Waals surface area contributed by atoms with Gasteiger partial charge in [-0.2, -0.15) is 0 Å². The minimum atomic E-state index is -1.37. The third-order valence-electron chi connectivity index (χ3n) is 13.4. The zero-order chi connectivity index (χ0) is 34.5. The Hall–Kier alpha value is -3.64. The summed E-state index contributed by atoms with van der Waals surface area (Å²) < 4.78 is 27.0. The number of nitro benzene ring substituents is 1. The monoisotopic (exact) mass is 671 g/mol. The van der Waals surface area contributed by atoms with Gasteiger partial charge in [0.15, 0.2) is 0 Å². The fourth-order valence-corrected chi connectivity index (χ4v) is 11.1. The number of alkyl halides is 1. The average Bonchev–Trinajstić information content (AvgIpc) is 3.66. The van der Waals surface area contributed by atoms with Crippen LogP contribution in [0.5, 0.6) is 0 Å². The minimum absolute atomic E-state index is 0.0628. The lowest BCUT2D eigenvalue weighted by Gasteiger charge is -2.61. The molecule has 4 aliphatic rings. The number of fused-ring (bicyclic) bond motifs is 6. The van der Waals surface area contributed by atoms with Gasteiger partial charge in [-0.1, -0.05) is 20.8 Å². The lowest BCUT2D eigenvalue weighted by molar-refractivity contribution is -0.383. The van der Waals surface area contributed by atoms with Gasteiger partial charge in [-0.25, -0.2) is 9.02 Å². The van der Waals surface area contributed by atoms with Gasteiger partial charge in [-0.15, -0.1) is 0 Å². The molecule has 0 saturated heterocycles. The Labute approximate surface area is 278 Å². The highest BCUT2D eigenvalue weighted by molar-refractivity contribution is 5.87. The first-order valence-corrected chi connectivity index (χ1v) is 17.4. The maximum absolute atomic E-state index is 16.5. The number of halogens is 1. The Morgan fingerprint density at radius 1 is 1.00 bits per heavy atom. The molecule has 4 fully saturated rings. The van der Waals surface area contributed by atoms with Crippen molar-refractivity contribution in [1.29, 1.82) is 0 Å². The summed E-state index contributed by atoms with van der Waals surface area (Å²) in [6.45, 7) is 6.85. The van der Waals surface area contributed by atoms with Crippen LogP contribution in [0.15, 0.2) is 16.8 Å². The van der Waals surface area contributed by atoms with E-state index in [1.165, 1.54) is 12.1 Å². The Kier molecular flexibility index (Phi) is 9.27. The van der Waals surface area contributed by atoms with Crippen molar-refractivity contribution in [3.8, 4) is 0 Å². The highest BCUT2D eigenvalue weighted by Gasteiger charge is 2.62. The van der Waals surface area contributed by atoms with Crippen molar-refractivity contribution in [2.75, 3.05) is 0 Å². The summed E-state index contributed by atoms with van der Waals surface area (Å²) in [4.78, 5) is 47.3. The van der Waals surface area contributed by atoms with E-state index in [2.05, 4.69) is 31.1 Å². The molecule has 1 heterocycles. The van der Waals surface area contributed by atoms with E-state index in [1.54, 1.807) is 0 Å². The summed E-state index contributed by atoms with van der Waals surface area (Å²) in [6.07, 6.45) is 4.88. The van der Waals surface area contributed by atoms with Crippen LogP contribution >= 0.6 is 0 Å². The largest absolute Gasteiger partial charge is 0.481 e. The molecule has 48 heavy (non-hydrogen) atoms. The number of aromatic nitrogens is 2. The van der Waals surface area contributed by atoms with E-state index in [0.717, 1.165) is 38.5 Å². The van der Waals surface area contributed by atoms with Crippen molar-refractivity contribution in [2.45, 2.75) is 110 Å². The van der Waals surface area contributed by atoms with E-state index in [9.17, 15) is 34.7 Å². The molecule has 1 aromatic heterocycles. The molecule has 0 bridgehead atoms. The molecule has 1 unspecified atom stereocenters. The van der Waals surface area contributed by atoms with E-state index in [-0.39, 0.29) is 46.3 Å². The summed E-state index contributed by atoms with van der Waals surface area (Å²) in [5.41, 5.74) is -0.0812. The number of nitro groups is 1. The van der Waals surface area contributed by atoms with Crippen molar-refractivity contribution < 1.29 is 43.3 Å². The number of nitrogens with zero attached hydrogens (tertiary/aromatic N) is 3. The molecule has 0 radical (unpaired) electrons. The standard InChI is InChI=1S/C35H46FN3O9/c1-18(4-11-28(40)41)22-8-9-23-21-6-7-25-30(36)27(13-15-35(25,3)24(21)12-14-34(22,23)2)47-33(44)20(17-29(42)43)16-19-5-10-26(39(45)46)32-31(19)37-48-38-32/h5,10,18,20-25,27,30H,4,6-9,11-17H2,1-3H3,(H,40,41)(H,42,43)/t18-,20+,21+,22?,23+,24+,25-,27-,30-,34-,35-/m1/s1. The average molecular weight is 672 g/mol. The van der Waals surface area contributed by atoms with Crippen LogP contribution in [0, 0.1) is 62.4 Å². The number of carboxylic acid groups (broad SMARTS) is 2. The molecule has 13 heteroatoms. The second-order valence-electron chi connectivity index (χ2n) is 15.6. The maximum Gasteiger partial charge on any atom is 0.310 e. The normalized spacial score (nSPS) is 35.5. The lowest BCUT2D eigenvalue weighted by atomic mass is 9.44. The second kappa shape index (κ2) is 13.0. The Morgan fingerprint density at radius 2 is 1.69 bits per heavy atom. The number of carbonyl (C=O) groups is 3. The van der Waals surface area contributed by atoms with Crippen LogP contribution in [0.4, 0.5) is 10.1 Å². The summed E-state index contributed by atoms with van der Waals surface area (Å²) in [5.74, 6) is -1.95.